The van der Waals surface area contributed by atoms with Crippen LogP contribution < -0.4 is 9.47 Å². The molecule has 3 nitrogen and oxygen atoms in total. The number of fused-ring (bicyclic) bond motifs is 1. The minimum Gasteiger partial charge on any atom is -0.486 e. The van der Waals surface area contributed by atoms with E-state index in [2.05, 4.69) is 13.8 Å². The number of hydrogen-bond donors (Lipinski definition) is 1. The van der Waals surface area contributed by atoms with Crippen LogP contribution in [0.25, 0.3) is 0 Å². The second-order valence-electron chi connectivity index (χ2n) is 4.42. The highest BCUT2D eigenvalue weighted by Gasteiger charge is 2.22. The van der Waals surface area contributed by atoms with Crippen molar-refractivity contribution in [3.05, 3.63) is 23.3 Å². The maximum absolute atomic E-state index is 9.76. The molecule has 0 bridgehead atoms. The van der Waals surface area contributed by atoms with E-state index in [1.54, 1.807) is 6.92 Å². The molecule has 0 aromatic heterocycles. The zero-order valence-electron chi connectivity index (χ0n) is 9.99. The van der Waals surface area contributed by atoms with Crippen LogP contribution in [0, 0.1) is 0 Å². The van der Waals surface area contributed by atoms with Gasteiger partial charge in [-0.25, -0.2) is 0 Å². The van der Waals surface area contributed by atoms with Crippen LogP contribution in [0.4, 0.5) is 0 Å². The second-order valence-corrected chi connectivity index (χ2v) is 4.42. The minimum absolute atomic E-state index is 0.307. The molecule has 0 spiro atoms. The molecular formula is C13H18O3. The molecule has 0 amide bonds. The lowest BCUT2D eigenvalue weighted by atomic mass is 9.93. The van der Waals surface area contributed by atoms with Crippen molar-refractivity contribution in [1.29, 1.82) is 0 Å². The third-order valence-corrected chi connectivity index (χ3v) is 2.81. The monoisotopic (exact) mass is 222 g/mol. The van der Waals surface area contributed by atoms with E-state index in [0.29, 0.717) is 19.1 Å². The highest BCUT2D eigenvalue weighted by Crippen LogP contribution is 2.41. The molecule has 0 saturated carbocycles. The van der Waals surface area contributed by atoms with Gasteiger partial charge in [-0.2, -0.15) is 0 Å². The molecule has 1 heterocycles. The molecule has 1 unspecified atom stereocenters. The number of ether oxygens (including phenoxy) is 2. The van der Waals surface area contributed by atoms with Gasteiger partial charge in [0.15, 0.2) is 11.5 Å². The first-order valence-corrected chi connectivity index (χ1v) is 5.71. The van der Waals surface area contributed by atoms with Crippen molar-refractivity contribution in [1.82, 2.24) is 0 Å². The summed E-state index contributed by atoms with van der Waals surface area (Å²) in [6, 6.07) is 3.80. The summed E-state index contributed by atoms with van der Waals surface area (Å²) in [4.78, 5) is 0. The van der Waals surface area contributed by atoms with Gasteiger partial charge >= 0.3 is 0 Å². The first kappa shape index (κ1) is 11.3. The van der Waals surface area contributed by atoms with E-state index in [-0.39, 0.29) is 0 Å². The van der Waals surface area contributed by atoms with E-state index < -0.39 is 6.10 Å². The van der Waals surface area contributed by atoms with Crippen molar-refractivity contribution < 1.29 is 14.6 Å². The third-order valence-electron chi connectivity index (χ3n) is 2.81. The van der Waals surface area contributed by atoms with Crippen molar-refractivity contribution in [2.75, 3.05) is 13.2 Å². The minimum atomic E-state index is -0.478. The molecule has 1 N–H and O–H groups in total. The number of benzene rings is 1. The van der Waals surface area contributed by atoms with Gasteiger partial charge in [0.1, 0.15) is 13.2 Å². The highest BCUT2D eigenvalue weighted by molar-refractivity contribution is 5.53. The van der Waals surface area contributed by atoms with Gasteiger partial charge in [-0.3, -0.25) is 0 Å². The Morgan fingerprint density at radius 3 is 2.44 bits per heavy atom. The zero-order valence-corrected chi connectivity index (χ0v) is 9.99. The maximum atomic E-state index is 9.76. The second kappa shape index (κ2) is 4.34. The van der Waals surface area contributed by atoms with Gasteiger partial charge < -0.3 is 14.6 Å². The highest BCUT2D eigenvalue weighted by atomic mass is 16.6. The number of rotatable bonds is 2. The van der Waals surface area contributed by atoms with Crippen molar-refractivity contribution in [3.63, 3.8) is 0 Å². The van der Waals surface area contributed by atoms with Crippen LogP contribution in [-0.4, -0.2) is 18.3 Å². The van der Waals surface area contributed by atoms with Gasteiger partial charge in [-0.15, -0.1) is 0 Å². The fourth-order valence-electron chi connectivity index (χ4n) is 2.11. The first-order valence-electron chi connectivity index (χ1n) is 5.71. The van der Waals surface area contributed by atoms with E-state index in [1.807, 2.05) is 12.1 Å². The van der Waals surface area contributed by atoms with E-state index >= 15 is 0 Å². The molecule has 0 aliphatic carbocycles. The Morgan fingerprint density at radius 2 is 1.81 bits per heavy atom. The Hall–Kier alpha value is -1.22. The Balaban J connectivity index is 2.57. The summed E-state index contributed by atoms with van der Waals surface area (Å²) >= 11 is 0. The molecule has 16 heavy (non-hydrogen) atoms. The quantitative estimate of drug-likeness (QED) is 0.836. The molecular weight excluding hydrogens is 204 g/mol. The molecule has 1 aliphatic heterocycles. The Morgan fingerprint density at radius 1 is 1.12 bits per heavy atom. The topological polar surface area (TPSA) is 38.7 Å². The van der Waals surface area contributed by atoms with Gasteiger partial charge in [-0.05, 0) is 24.5 Å². The molecule has 1 aromatic carbocycles. The lowest BCUT2D eigenvalue weighted by Gasteiger charge is -2.25. The first-order chi connectivity index (χ1) is 7.61. The summed E-state index contributed by atoms with van der Waals surface area (Å²) in [5.41, 5.74) is 1.99. The standard InChI is InChI=1S/C13H18O3/c1-8(2)12-10(9(3)14)4-5-11-13(12)16-7-6-15-11/h4-5,8-9,14H,6-7H2,1-3H3. The van der Waals surface area contributed by atoms with Crippen LogP contribution in [0.5, 0.6) is 11.5 Å². The van der Waals surface area contributed by atoms with Gasteiger partial charge in [0.05, 0.1) is 6.10 Å². The van der Waals surface area contributed by atoms with E-state index in [4.69, 9.17) is 9.47 Å². The Kier molecular flexibility index (Phi) is 3.06. The van der Waals surface area contributed by atoms with Crippen LogP contribution in [0.1, 0.15) is 43.9 Å². The summed E-state index contributed by atoms with van der Waals surface area (Å²) in [6.07, 6.45) is -0.478. The fourth-order valence-corrected chi connectivity index (χ4v) is 2.11. The van der Waals surface area contributed by atoms with Gasteiger partial charge in [-0.1, -0.05) is 19.9 Å². The number of aliphatic hydroxyl groups is 1. The summed E-state index contributed by atoms with van der Waals surface area (Å²) in [7, 11) is 0. The van der Waals surface area contributed by atoms with Crippen LogP contribution in [0.15, 0.2) is 12.1 Å². The van der Waals surface area contributed by atoms with E-state index in [9.17, 15) is 5.11 Å². The predicted octanol–water partition coefficient (Wildman–Crippen LogP) is 2.63. The summed E-state index contributed by atoms with van der Waals surface area (Å²) in [5.74, 6) is 1.90. The molecule has 3 heteroatoms. The molecule has 1 aromatic rings. The Labute approximate surface area is 96.0 Å². The van der Waals surface area contributed by atoms with Crippen LogP contribution in [0.2, 0.25) is 0 Å². The van der Waals surface area contributed by atoms with Gasteiger partial charge in [0.25, 0.3) is 0 Å². The fraction of sp³-hybridized carbons (Fsp3) is 0.538. The van der Waals surface area contributed by atoms with Gasteiger partial charge in [0, 0.05) is 5.56 Å². The summed E-state index contributed by atoms with van der Waals surface area (Å²) in [6.45, 7) is 7.14. The normalized spacial score (nSPS) is 16.3. The molecule has 0 radical (unpaired) electrons. The van der Waals surface area contributed by atoms with E-state index in [0.717, 1.165) is 22.6 Å². The lowest BCUT2D eigenvalue weighted by molar-refractivity contribution is 0.165. The number of hydrogen-bond acceptors (Lipinski definition) is 3. The van der Waals surface area contributed by atoms with Crippen molar-refractivity contribution >= 4 is 0 Å². The van der Waals surface area contributed by atoms with Crippen molar-refractivity contribution in [3.8, 4) is 11.5 Å². The lowest BCUT2D eigenvalue weighted by Crippen LogP contribution is -2.18. The average molecular weight is 222 g/mol. The summed E-state index contributed by atoms with van der Waals surface area (Å²) in [5, 5.41) is 9.76. The largest absolute Gasteiger partial charge is 0.486 e. The molecule has 1 atom stereocenters. The van der Waals surface area contributed by atoms with Crippen LogP contribution in [-0.2, 0) is 0 Å². The predicted molar refractivity (Wildman–Crippen MR) is 62.2 cm³/mol. The van der Waals surface area contributed by atoms with Crippen LogP contribution in [0.3, 0.4) is 0 Å². The molecule has 0 fully saturated rings. The zero-order chi connectivity index (χ0) is 11.7. The molecule has 0 saturated heterocycles. The summed E-state index contributed by atoms with van der Waals surface area (Å²) < 4.78 is 11.2. The van der Waals surface area contributed by atoms with Crippen molar-refractivity contribution in [2.45, 2.75) is 32.8 Å². The van der Waals surface area contributed by atoms with Crippen LogP contribution >= 0.6 is 0 Å². The van der Waals surface area contributed by atoms with Crippen molar-refractivity contribution in [2.24, 2.45) is 0 Å². The van der Waals surface area contributed by atoms with E-state index in [1.165, 1.54) is 0 Å². The third kappa shape index (κ3) is 1.87. The average Bonchev–Trinajstić information content (AvgIpc) is 2.27. The maximum Gasteiger partial charge on any atom is 0.165 e. The molecule has 2 rings (SSSR count). The Bertz CT molecular complexity index is 383. The molecule has 1 aliphatic rings. The SMILES string of the molecule is CC(C)c1c(C(C)O)ccc2c1OCCO2. The number of aliphatic hydroxyl groups excluding tert-OH is 1. The molecule has 88 valence electrons. The smallest absolute Gasteiger partial charge is 0.165 e. The van der Waals surface area contributed by atoms with Gasteiger partial charge in [0.2, 0.25) is 0 Å².